The van der Waals surface area contributed by atoms with Crippen LogP contribution in [0.25, 0.3) is 0 Å². The van der Waals surface area contributed by atoms with Crippen LogP contribution < -0.4 is 4.90 Å². The van der Waals surface area contributed by atoms with Gasteiger partial charge in [0.1, 0.15) is 5.60 Å². The lowest BCUT2D eigenvalue weighted by molar-refractivity contribution is 0.111. The van der Waals surface area contributed by atoms with Crippen molar-refractivity contribution in [3.63, 3.8) is 0 Å². The normalized spacial score (nSPS) is 18.9. The van der Waals surface area contributed by atoms with Crippen molar-refractivity contribution in [3.8, 4) is 0 Å². The SMILES string of the molecule is C=C=CC(C)(O)c1ccc(N2CCOCC2)cc1. The summed E-state index contributed by atoms with van der Waals surface area (Å²) in [6.07, 6.45) is 1.57. The van der Waals surface area contributed by atoms with Crippen molar-refractivity contribution < 1.29 is 9.84 Å². The molecule has 1 heterocycles. The summed E-state index contributed by atoms with van der Waals surface area (Å²) >= 11 is 0. The second-order valence-corrected chi connectivity index (χ2v) is 4.64. The summed E-state index contributed by atoms with van der Waals surface area (Å²) in [4.78, 5) is 2.28. The quantitative estimate of drug-likeness (QED) is 0.827. The molecule has 0 bridgehead atoms. The molecule has 1 saturated heterocycles. The Hall–Kier alpha value is -1.54. The summed E-state index contributed by atoms with van der Waals surface area (Å²) in [7, 11) is 0. The van der Waals surface area contributed by atoms with Gasteiger partial charge in [0, 0.05) is 18.8 Å². The van der Waals surface area contributed by atoms with Gasteiger partial charge in [-0.25, -0.2) is 0 Å². The van der Waals surface area contributed by atoms with Gasteiger partial charge in [-0.3, -0.25) is 0 Å². The number of aliphatic hydroxyl groups is 1. The summed E-state index contributed by atoms with van der Waals surface area (Å²) in [5.74, 6) is 0. The molecule has 0 aliphatic carbocycles. The minimum atomic E-state index is -1.01. The van der Waals surface area contributed by atoms with E-state index in [9.17, 15) is 5.11 Å². The van der Waals surface area contributed by atoms with Crippen molar-refractivity contribution in [1.29, 1.82) is 0 Å². The molecule has 0 amide bonds. The van der Waals surface area contributed by atoms with E-state index in [0.717, 1.165) is 31.9 Å². The summed E-state index contributed by atoms with van der Waals surface area (Å²) in [6, 6.07) is 7.95. The van der Waals surface area contributed by atoms with E-state index in [2.05, 4.69) is 17.2 Å². The largest absolute Gasteiger partial charge is 0.381 e. The Morgan fingerprint density at radius 3 is 2.50 bits per heavy atom. The molecular weight excluding hydrogens is 226 g/mol. The van der Waals surface area contributed by atoms with Gasteiger partial charge in [-0.1, -0.05) is 18.7 Å². The first-order valence-electron chi connectivity index (χ1n) is 6.16. The van der Waals surface area contributed by atoms with Gasteiger partial charge in [0.25, 0.3) is 0 Å². The van der Waals surface area contributed by atoms with Crippen LogP contribution in [0.5, 0.6) is 0 Å². The van der Waals surface area contributed by atoms with Gasteiger partial charge in [-0.05, 0) is 30.7 Å². The molecule has 1 fully saturated rings. The summed E-state index contributed by atoms with van der Waals surface area (Å²) in [5, 5.41) is 10.2. The zero-order valence-electron chi connectivity index (χ0n) is 10.7. The molecule has 2 rings (SSSR count). The smallest absolute Gasteiger partial charge is 0.112 e. The zero-order chi connectivity index (χ0) is 13.0. The first-order chi connectivity index (χ1) is 8.63. The first kappa shape index (κ1) is 12.9. The molecule has 1 aliphatic heterocycles. The zero-order valence-corrected chi connectivity index (χ0v) is 10.7. The standard InChI is InChI=1S/C15H19NO2/c1-3-8-15(2,17)13-4-6-14(7-5-13)16-9-11-18-12-10-16/h4-8,17H,1,9-12H2,2H3. The van der Waals surface area contributed by atoms with E-state index in [1.165, 1.54) is 5.69 Å². The molecule has 3 nitrogen and oxygen atoms in total. The lowest BCUT2D eigenvalue weighted by Crippen LogP contribution is -2.36. The first-order valence-corrected chi connectivity index (χ1v) is 6.16. The number of nitrogens with zero attached hydrogens (tertiary/aromatic N) is 1. The van der Waals surface area contributed by atoms with Crippen LogP contribution in [0.1, 0.15) is 12.5 Å². The number of anilines is 1. The number of benzene rings is 1. The molecule has 0 spiro atoms. The highest BCUT2D eigenvalue weighted by Crippen LogP contribution is 2.25. The van der Waals surface area contributed by atoms with Gasteiger partial charge in [0.2, 0.25) is 0 Å². The highest BCUT2D eigenvalue weighted by Gasteiger charge is 2.19. The van der Waals surface area contributed by atoms with Crippen molar-refractivity contribution in [2.45, 2.75) is 12.5 Å². The Morgan fingerprint density at radius 1 is 1.33 bits per heavy atom. The van der Waals surface area contributed by atoms with E-state index >= 15 is 0 Å². The molecule has 0 saturated carbocycles. The maximum atomic E-state index is 10.2. The Kier molecular flexibility index (Phi) is 3.87. The fraction of sp³-hybridized carbons (Fsp3) is 0.400. The maximum Gasteiger partial charge on any atom is 0.112 e. The van der Waals surface area contributed by atoms with Gasteiger partial charge in [-0.15, -0.1) is 5.73 Å². The predicted octanol–water partition coefficient (Wildman–Crippen LogP) is 2.07. The third kappa shape index (κ3) is 2.82. The van der Waals surface area contributed by atoms with Crippen molar-refractivity contribution in [2.75, 3.05) is 31.2 Å². The molecule has 1 N–H and O–H groups in total. The Bertz CT molecular complexity index is 438. The molecule has 18 heavy (non-hydrogen) atoms. The van der Waals surface area contributed by atoms with E-state index in [1.807, 2.05) is 24.3 Å². The van der Waals surface area contributed by atoms with Crippen molar-refractivity contribution in [2.24, 2.45) is 0 Å². The van der Waals surface area contributed by atoms with Crippen molar-refractivity contribution in [3.05, 3.63) is 48.2 Å². The van der Waals surface area contributed by atoms with Gasteiger partial charge in [-0.2, -0.15) is 0 Å². The van der Waals surface area contributed by atoms with E-state index < -0.39 is 5.60 Å². The molecule has 1 aromatic rings. The molecule has 3 heteroatoms. The van der Waals surface area contributed by atoms with Crippen LogP contribution in [0.2, 0.25) is 0 Å². The molecule has 96 valence electrons. The predicted molar refractivity (Wildman–Crippen MR) is 72.8 cm³/mol. The lowest BCUT2D eigenvalue weighted by atomic mass is 9.96. The van der Waals surface area contributed by atoms with Crippen LogP contribution in [0, 0.1) is 0 Å². The highest BCUT2D eigenvalue weighted by atomic mass is 16.5. The number of ether oxygens (including phenoxy) is 1. The number of hydrogen-bond acceptors (Lipinski definition) is 3. The van der Waals surface area contributed by atoms with E-state index in [0.29, 0.717) is 0 Å². The van der Waals surface area contributed by atoms with Crippen molar-refractivity contribution in [1.82, 2.24) is 0 Å². The summed E-state index contributed by atoms with van der Waals surface area (Å²) in [5.41, 5.74) is 3.63. The average molecular weight is 245 g/mol. The van der Waals surface area contributed by atoms with Crippen LogP contribution >= 0.6 is 0 Å². The van der Waals surface area contributed by atoms with Crippen LogP contribution in [0.15, 0.2) is 42.7 Å². The molecule has 1 aliphatic rings. The Balaban J connectivity index is 2.16. The maximum absolute atomic E-state index is 10.2. The lowest BCUT2D eigenvalue weighted by Gasteiger charge is -2.29. The molecular formula is C15H19NO2. The number of hydrogen-bond donors (Lipinski definition) is 1. The van der Waals surface area contributed by atoms with E-state index in [1.54, 1.807) is 13.0 Å². The van der Waals surface area contributed by atoms with Crippen LogP contribution in [0.3, 0.4) is 0 Å². The van der Waals surface area contributed by atoms with E-state index in [-0.39, 0.29) is 0 Å². The molecule has 1 unspecified atom stereocenters. The molecule has 1 aromatic carbocycles. The second kappa shape index (κ2) is 5.40. The van der Waals surface area contributed by atoms with Crippen molar-refractivity contribution >= 4 is 5.69 Å². The average Bonchev–Trinajstić information content (AvgIpc) is 2.40. The number of morpholine rings is 1. The Morgan fingerprint density at radius 2 is 1.94 bits per heavy atom. The topological polar surface area (TPSA) is 32.7 Å². The summed E-state index contributed by atoms with van der Waals surface area (Å²) in [6.45, 7) is 8.62. The van der Waals surface area contributed by atoms with Crippen LogP contribution in [-0.2, 0) is 10.3 Å². The number of rotatable bonds is 3. The monoisotopic (exact) mass is 245 g/mol. The third-order valence-electron chi connectivity index (χ3n) is 3.21. The van der Waals surface area contributed by atoms with Crippen LogP contribution in [-0.4, -0.2) is 31.4 Å². The highest BCUT2D eigenvalue weighted by molar-refractivity contribution is 5.49. The minimum absolute atomic E-state index is 0.776. The molecule has 0 aromatic heterocycles. The molecule has 0 radical (unpaired) electrons. The van der Waals surface area contributed by atoms with Crippen LogP contribution in [0.4, 0.5) is 5.69 Å². The fourth-order valence-electron chi connectivity index (χ4n) is 2.11. The van der Waals surface area contributed by atoms with Gasteiger partial charge in [0.05, 0.1) is 13.2 Å². The molecule has 1 atom stereocenters. The van der Waals surface area contributed by atoms with E-state index in [4.69, 9.17) is 4.74 Å². The van der Waals surface area contributed by atoms with Gasteiger partial charge < -0.3 is 14.7 Å². The summed E-state index contributed by atoms with van der Waals surface area (Å²) < 4.78 is 5.33. The second-order valence-electron chi connectivity index (χ2n) is 4.64. The van der Waals surface area contributed by atoms with Gasteiger partial charge >= 0.3 is 0 Å². The third-order valence-corrected chi connectivity index (χ3v) is 3.21. The fourth-order valence-corrected chi connectivity index (χ4v) is 2.11. The Labute approximate surface area is 108 Å². The van der Waals surface area contributed by atoms with Gasteiger partial charge in [0.15, 0.2) is 0 Å². The minimum Gasteiger partial charge on any atom is -0.381 e.